The third-order valence-electron chi connectivity index (χ3n) is 4.99. The highest BCUT2D eigenvalue weighted by Crippen LogP contribution is 2.25. The second-order valence-corrected chi connectivity index (χ2v) is 7.26. The SMILES string of the molecule is CCN(CC)C(CN=C(N)Nc1ccc2c(c1)CCC2)c1ccsc1.I. The zero-order chi connectivity index (χ0) is 17.6. The van der Waals surface area contributed by atoms with Crippen molar-refractivity contribution in [3.63, 3.8) is 0 Å². The minimum atomic E-state index is 0. The van der Waals surface area contributed by atoms with E-state index in [0.717, 1.165) is 18.8 Å². The number of halogens is 1. The second-order valence-electron chi connectivity index (χ2n) is 6.48. The molecule has 0 fully saturated rings. The summed E-state index contributed by atoms with van der Waals surface area (Å²) in [7, 11) is 0. The molecule has 2 aromatic rings. The van der Waals surface area contributed by atoms with Crippen molar-refractivity contribution in [3.8, 4) is 0 Å². The summed E-state index contributed by atoms with van der Waals surface area (Å²) in [6.45, 7) is 7.06. The van der Waals surface area contributed by atoms with Gasteiger partial charge in [0.1, 0.15) is 0 Å². The van der Waals surface area contributed by atoms with Gasteiger partial charge in [-0.3, -0.25) is 9.89 Å². The summed E-state index contributed by atoms with van der Waals surface area (Å²) in [6, 6.07) is 9.00. The molecule has 3 N–H and O–H groups in total. The number of fused-ring (bicyclic) bond motifs is 1. The van der Waals surface area contributed by atoms with E-state index in [1.807, 2.05) is 0 Å². The van der Waals surface area contributed by atoms with E-state index >= 15 is 0 Å². The molecule has 4 nitrogen and oxygen atoms in total. The highest BCUT2D eigenvalue weighted by molar-refractivity contribution is 14.0. The molecule has 0 bridgehead atoms. The average molecular weight is 484 g/mol. The van der Waals surface area contributed by atoms with Gasteiger partial charge in [0.05, 0.1) is 12.6 Å². The number of hydrogen-bond acceptors (Lipinski definition) is 3. The fourth-order valence-corrected chi connectivity index (χ4v) is 4.29. The first-order valence-corrected chi connectivity index (χ1v) is 10.1. The van der Waals surface area contributed by atoms with Gasteiger partial charge in [0.2, 0.25) is 0 Å². The standard InChI is InChI=1S/C20H28N4S.HI/c1-3-24(4-2)19(17-10-11-25-14-17)13-22-20(21)23-18-9-8-15-6-5-7-16(15)12-18;/h8-12,14,19H,3-7,13H2,1-2H3,(H3,21,22,23);1H. The molecule has 0 spiro atoms. The molecule has 1 aromatic heterocycles. The van der Waals surface area contributed by atoms with Crippen molar-refractivity contribution in [2.45, 2.75) is 39.2 Å². The number of thiophene rings is 1. The van der Waals surface area contributed by atoms with Gasteiger partial charge >= 0.3 is 0 Å². The quantitative estimate of drug-likeness (QED) is 0.342. The number of likely N-dealkylation sites (N-methyl/N-ethyl adjacent to an activating group) is 1. The number of guanidine groups is 1. The molecule has 1 heterocycles. The molecule has 0 saturated carbocycles. The number of nitrogens with two attached hydrogens (primary N) is 1. The number of rotatable bonds is 7. The van der Waals surface area contributed by atoms with Crippen LogP contribution in [0.5, 0.6) is 0 Å². The van der Waals surface area contributed by atoms with Crippen LogP contribution in [0.25, 0.3) is 0 Å². The number of hydrogen-bond donors (Lipinski definition) is 2. The van der Waals surface area contributed by atoms with Crippen LogP contribution >= 0.6 is 35.3 Å². The van der Waals surface area contributed by atoms with Crippen molar-refractivity contribution in [2.24, 2.45) is 10.7 Å². The van der Waals surface area contributed by atoms with E-state index in [1.54, 1.807) is 11.3 Å². The van der Waals surface area contributed by atoms with Crippen LogP contribution in [0.4, 0.5) is 5.69 Å². The summed E-state index contributed by atoms with van der Waals surface area (Å²) < 4.78 is 0. The first kappa shape index (κ1) is 21.2. The van der Waals surface area contributed by atoms with Crippen LogP contribution in [-0.4, -0.2) is 30.5 Å². The predicted molar refractivity (Wildman–Crippen MR) is 124 cm³/mol. The first-order chi connectivity index (χ1) is 12.2. The van der Waals surface area contributed by atoms with Crippen molar-refractivity contribution in [1.29, 1.82) is 0 Å². The highest BCUT2D eigenvalue weighted by Gasteiger charge is 2.18. The molecule has 26 heavy (non-hydrogen) atoms. The number of aliphatic imine (C=N–C) groups is 1. The first-order valence-electron chi connectivity index (χ1n) is 9.16. The molecule has 0 amide bonds. The van der Waals surface area contributed by atoms with E-state index in [-0.39, 0.29) is 30.0 Å². The third-order valence-corrected chi connectivity index (χ3v) is 5.69. The second kappa shape index (κ2) is 10.3. The summed E-state index contributed by atoms with van der Waals surface area (Å²) in [5.41, 5.74) is 11.4. The summed E-state index contributed by atoms with van der Waals surface area (Å²) in [6.07, 6.45) is 3.63. The van der Waals surface area contributed by atoms with Gasteiger partial charge in [-0.15, -0.1) is 24.0 Å². The molecule has 1 atom stereocenters. The molecular weight excluding hydrogens is 455 g/mol. The lowest BCUT2D eigenvalue weighted by Crippen LogP contribution is -2.31. The van der Waals surface area contributed by atoms with Crippen molar-refractivity contribution in [3.05, 3.63) is 51.7 Å². The Bertz CT molecular complexity index is 711. The van der Waals surface area contributed by atoms with Gasteiger partial charge in [0.15, 0.2) is 5.96 Å². The maximum Gasteiger partial charge on any atom is 0.193 e. The van der Waals surface area contributed by atoms with Crippen LogP contribution in [0.2, 0.25) is 0 Å². The average Bonchev–Trinajstić information content (AvgIpc) is 3.29. The Morgan fingerprint density at radius 3 is 2.69 bits per heavy atom. The Labute approximate surface area is 177 Å². The molecule has 0 aliphatic heterocycles. The lowest BCUT2D eigenvalue weighted by atomic mass is 10.1. The molecule has 6 heteroatoms. The lowest BCUT2D eigenvalue weighted by Gasteiger charge is -2.28. The Morgan fingerprint density at radius 1 is 1.23 bits per heavy atom. The van der Waals surface area contributed by atoms with E-state index in [9.17, 15) is 0 Å². The number of nitrogens with one attached hydrogen (secondary N) is 1. The van der Waals surface area contributed by atoms with Crippen molar-refractivity contribution in [1.82, 2.24) is 4.90 Å². The molecule has 1 aliphatic carbocycles. The lowest BCUT2D eigenvalue weighted by molar-refractivity contribution is 0.225. The van der Waals surface area contributed by atoms with Crippen LogP contribution in [0, 0.1) is 0 Å². The fraction of sp³-hybridized carbons (Fsp3) is 0.450. The highest BCUT2D eigenvalue weighted by atomic mass is 127. The molecule has 0 saturated heterocycles. The number of aryl methyl sites for hydroxylation is 2. The van der Waals surface area contributed by atoms with Gasteiger partial charge in [0, 0.05) is 5.69 Å². The van der Waals surface area contributed by atoms with Gasteiger partial charge in [-0.2, -0.15) is 11.3 Å². The van der Waals surface area contributed by atoms with Gasteiger partial charge in [0.25, 0.3) is 0 Å². The van der Waals surface area contributed by atoms with Crippen LogP contribution in [0.1, 0.15) is 43.0 Å². The normalized spacial score (nSPS) is 14.8. The summed E-state index contributed by atoms with van der Waals surface area (Å²) in [5.74, 6) is 0.491. The van der Waals surface area contributed by atoms with E-state index in [2.05, 4.69) is 64.1 Å². The van der Waals surface area contributed by atoms with Crippen molar-refractivity contribution < 1.29 is 0 Å². The molecule has 142 valence electrons. The van der Waals surface area contributed by atoms with Crippen LogP contribution in [0.15, 0.2) is 40.0 Å². The minimum Gasteiger partial charge on any atom is -0.370 e. The largest absolute Gasteiger partial charge is 0.370 e. The predicted octanol–water partition coefficient (Wildman–Crippen LogP) is 4.66. The Morgan fingerprint density at radius 2 is 2.00 bits per heavy atom. The smallest absolute Gasteiger partial charge is 0.193 e. The number of nitrogens with zero attached hydrogens (tertiary/aromatic N) is 2. The van der Waals surface area contributed by atoms with Crippen LogP contribution < -0.4 is 11.1 Å². The van der Waals surface area contributed by atoms with Gasteiger partial charge in [-0.25, -0.2) is 0 Å². The molecule has 1 aliphatic rings. The maximum absolute atomic E-state index is 6.16. The zero-order valence-corrected chi connectivity index (χ0v) is 18.7. The maximum atomic E-state index is 6.16. The van der Waals surface area contributed by atoms with E-state index in [0.29, 0.717) is 12.5 Å². The zero-order valence-electron chi connectivity index (χ0n) is 15.6. The molecule has 0 radical (unpaired) electrons. The molecule has 3 rings (SSSR count). The van der Waals surface area contributed by atoms with Gasteiger partial charge < -0.3 is 11.1 Å². The Hall–Kier alpha value is -1.12. The van der Waals surface area contributed by atoms with Gasteiger partial charge in [-0.1, -0.05) is 19.9 Å². The Balaban J connectivity index is 0.00000243. The van der Waals surface area contributed by atoms with Crippen LogP contribution in [-0.2, 0) is 12.8 Å². The third kappa shape index (κ3) is 5.20. The topological polar surface area (TPSA) is 53.6 Å². The summed E-state index contributed by atoms with van der Waals surface area (Å²) in [4.78, 5) is 7.06. The molecule has 1 aromatic carbocycles. The summed E-state index contributed by atoms with van der Waals surface area (Å²) >= 11 is 1.73. The fourth-order valence-electron chi connectivity index (χ4n) is 3.58. The molecule has 1 unspecified atom stereocenters. The monoisotopic (exact) mass is 484 g/mol. The molecular formula is C20H29IN4S. The van der Waals surface area contributed by atoms with E-state index < -0.39 is 0 Å². The number of anilines is 1. The van der Waals surface area contributed by atoms with E-state index in [4.69, 9.17) is 5.73 Å². The van der Waals surface area contributed by atoms with E-state index in [1.165, 1.54) is 36.0 Å². The van der Waals surface area contributed by atoms with Crippen molar-refractivity contribution >= 4 is 47.0 Å². The van der Waals surface area contributed by atoms with Crippen LogP contribution in [0.3, 0.4) is 0 Å². The number of benzene rings is 1. The Kier molecular flexibility index (Phi) is 8.37. The summed E-state index contributed by atoms with van der Waals surface area (Å²) in [5, 5.41) is 7.60. The van der Waals surface area contributed by atoms with Crippen molar-refractivity contribution in [2.75, 3.05) is 25.0 Å². The minimum absolute atomic E-state index is 0. The van der Waals surface area contributed by atoms with Gasteiger partial charge in [-0.05, 0) is 78.0 Å².